The van der Waals surface area contributed by atoms with Crippen LogP contribution in [0.5, 0.6) is 0 Å². The molecule has 0 aliphatic carbocycles. The molecule has 0 radical (unpaired) electrons. The van der Waals surface area contributed by atoms with Crippen LogP contribution in [0.15, 0.2) is 0 Å². The van der Waals surface area contributed by atoms with Crippen LogP contribution in [0.25, 0.3) is 0 Å². The third kappa shape index (κ3) is 3.35. The van der Waals surface area contributed by atoms with Crippen molar-refractivity contribution in [2.24, 2.45) is 0 Å². The van der Waals surface area contributed by atoms with E-state index in [-0.39, 0.29) is 0 Å². The highest BCUT2D eigenvalue weighted by molar-refractivity contribution is 6.72. The van der Waals surface area contributed by atoms with Gasteiger partial charge in [0.1, 0.15) is 0 Å². The van der Waals surface area contributed by atoms with Crippen molar-refractivity contribution in [3.05, 3.63) is 0 Å². The molecule has 0 atom stereocenters. The molecule has 0 saturated carbocycles. The van der Waals surface area contributed by atoms with Gasteiger partial charge < -0.3 is 9.96 Å². The molecule has 0 amide bonds. The molecule has 2 N–H and O–H groups in total. The van der Waals surface area contributed by atoms with Crippen molar-refractivity contribution in [1.82, 2.24) is 14.5 Å². The molecule has 0 aromatic carbocycles. The Balaban J connectivity index is 4.40. The van der Waals surface area contributed by atoms with Crippen molar-refractivity contribution in [3.63, 3.8) is 0 Å². The van der Waals surface area contributed by atoms with Crippen molar-refractivity contribution in [1.29, 1.82) is 0 Å². The standard InChI is InChI=1S/C10H27N3Si/c1-6-9-10-13(7-2)14(8-3,11-4)12-5/h11-12H,6-10H2,1-5H3. The van der Waals surface area contributed by atoms with E-state index < -0.39 is 8.56 Å². The minimum atomic E-state index is -1.55. The Labute approximate surface area is 90.5 Å². The zero-order valence-corrected chi connectivity index (χ0v) is 11.5. The molecule has 86 valence electrons. The first-order valence-corrected chi connectivity index (χ1v) is 7.99. The van der Waals surface area contributed by atoms with E-state index in [1.165, 1.54) is 25.4 Å². The van der Waals surface area contributed by atoms with E-state index >= 15 is 0 Å². The van der Waals surface area contributed by atoms with Crippen molar-refractivity contribution in [2.45, 2.75) is 39.7 Å². The highest BCUT2D eigenvalue weighted by atomic mass is 28.4. The highest BCUT2D eigenvalue weighted by Gasteiger charge is 2.34. The van der Waals surface area contributed by atoms with Crippen LogP contribution in [0, 0.1) is 0 Å². The Hall–Kier alpha value is 0.0969. The molecule has 0 spiro atoms. The fourth-order valence-electron chi connectivity index (χ4n) is 1.99. The Morgan fingerprint density at radius 1 is 1.07 bits per heavy atom. The lowest BCUT2D eigenvalue weighted by atomic mass is 10.3. The Bertz CT molecular complexity index is 129. The van der Waals surface area contributed by atoms with E-state index in [4.69, 9.17) is 0 Å². The Kier molecular flexibility index (Phi) is 7.45. The number of nitrogens with zero attached hydrogens (tertiary/aromatic N) is 1. The molecule has 0 unspecified atom stereocenters. The van der Waals surface area contributed by atoms with E-state index in [1.54, 1.807) is 0 Å². The molecule has 0 aromatic rings. The average Bonchev–Trinajstić information content (AvgIpc) is 2.25. The van der Waals surface area contributed by atoms with Crippen molar-refractivity contribution < 1.29 is 0 Å². The minimum Gasteiger partial charge on any atom is -0.316 e. The van der Waals surface area contributed by atoms with Gasteiger partial charge in [-0.3, -0.25) is 4.57 Å². The molecule has 0 aliphatic heterocycles. The van der Waals surface area contributed by atoms with Crippen molar-refractivity contribution in [3.8, 4) is 0 Å². The largest absolute Gasteiger partial charge is 0.316 e. The molecule has 0 bridgehead atoms. The van der Waals surface area contributed by atoms with E-state index in [2.05, 4.69) is 49.4 Å². The third-order valence-corrected chi connectivity index (χ3v) is 7.34. The van der Waals surface area contributed by atoms with E-state index in [0.29, 0.717) is 0 Å². The molecule has 0 aliphatic rings. The maximum atomic E-state index is 3.53. The lowest BCUT2D eigenvalue weighted by Crippen LogP contribution is -2.71. The van der Waals surface area contributed by atoms with Gasteiger partial charge in [0.05, 0.1) is 0 Å². The molecule has 4 heteroatoms. The van der Waals surface area contributed by atoms with Crippen LogP contribution in [0.1, 0.15) is 33.6 Å². The van der Waals surface area contributed by atoms with Gasteiger partial charge >= 0.3 is 0 Å². The summed E-state index contributed by atoms with van der Waals surface area (Å²) in [4.78, 5) is 7.06. The average molecular weight is 217 g/mol. The number of rotatable bonds is 8. The SMILES string of the molecule is CCCCN(CC)[Si](CC)(NC)NC. The summed E-state index contributed by atoms with van der Waals surface area (Å²) in [6.45, 7) is 9.13. The molecule has 0 fully saturated rings. The first-order valence-electron chi connectivity index (χ1n) is 5.83. The molecule has 0 rings (SSSR count). The fourth-order valence-corrected chi connectivity index (χ4v) is 5.10. The summed E-state index contributed by atoms with van der Waals surface area (Å²) in [6.07, 6.45) is 2.57. The normalized spacial score (nSPS) is 12.4. The molecular weight excluding hydrogens is 190 g/mol. The monoisotopic (exact) mass is 217 g/mol. The molecule has 0 heterocycles. The fraction of sp³-hybridized carbons (Fsp3) is 1.00. The van der Waals surface area contributed by atoms with Gasteiger partial charge in [-0.05, 0) is 39.6 Å². The maximum Gasteiger partial charge on any atom is 0.283 e. The number of unbranched alkanes of at least 4 members (excludes halogenated alkanes) is 1. The quantitative estimate of drug-likeness (QED) is 0.604. The van der Waals surface area contributed by atoms with Crippen LogP contribution >= 0.6 is 0 Å². The van der Waals surface area contributed by atoms with E-state index in [9.17, 15) is 0 Å². The second-order valence-corrected chi connectivity index (χ2v) is 7.71. The van der Waals surface area contributed by atoms with Crippen LogP contribution in [0.2, 0.25) is 6.04 Å². The summed E-state index contributed by atoms with van der Waals surface area (Å²) < 4.78 is 2.61. The number of hydrogen-bond acceptors (Lipinski definition) is 3. The molecular formula is C10H27N3Si. The molecule has 14 heavy (non-hydrogen) atoms. The minimum absolute atomic E-state index is 1.14. The molecule has 0 saturated heterocycles. The van der Waals surface area contributed by atoms with Crippen LogP contribution in [-0.4, -0.2) is 40.3 Å². The lowest BCUT2D eigenvalue weighted by molar-refractivity contribution is 0.406. The van der Waals surface area contributed by atoms with Crippen molar-refractivity contribution in [2.75, 3.05) is 27.2 Å². The highest BCUT2D eigenvalue weighted by Crippen LogP contribution is 2.09. The van der Waals surface area contributed by atoms with Crippen molar-refractivity contribution >= 4 is 8.56 Å². The molecule has 3 nitrogen and oxygen atoms in total. The summed E-state index contributed by atoms with van der Waals surface area (Å²) in [6, 6.07) is 1.21. The topological polar surface area (TPSA) is 27.3 Å². The van der Waals surface area contributed by atoms with Gasteiger partial charge in [-0.15, -0.1) is 0 Å². The van der Waals surface area contributed by atoms with Crippen LogP contribution in [0.4, 0.5) is 0 Å². The first-order chi connectivity index (χ1) is 6.70. The summed E-state index contributed by atoms with van der Waals surface area (Å²) in [5.74, 6) is 0. The second kappa shape index (κ2) is 7.40. The van der Waals surface area contributed by atoms with Crippen LogP contribution < -0.4 is 9.96 Å². The Morgan fingerprint density at radius 3 is 1.93 bits per heavy atom. The van der Waals surface area contributed by atoms with Gasteiger partial charge in [-0.1, -0.05) is 27.2 Å². The number of nitrogens with one attached hydrogen (secondary N) is 2. The summed E-state index contributed by atoms with van der Waals surface area (Å²) in [5, 5.41) is 0. The van der Waals surface area contributed by atoms with Crippen LogP contribution in [-0.2, 0) is 0 Å². The predicted octanol–water partition coefficient (Wildman–Crippen LogP) is 1.51. The van der Waals surface area contributed by atoms with Gasteiger partial charge in [-0.2, -0.15) is 0 Å². The van der Waals surface area contributed by atoms with Gasteiger partial charge in [0.15, 0.2) is 0 Å². The summed E-state index contributed by atoms with van der Waals surface area (Å²) in [5.41, 5.74) is 0. The van der Waals surface area contributed by atoms with Gasteiger partial charge in [-0.25, -0.2) is 0 Å². The predicted molar refractivity (Wildman–Crippen MR) is 66.5 cm³/mol. The smallest absolute Gasteiger partial charge is 0.283 e. The van der Waals surface area contributed by atoms with Crippen LogP contribution in [0.3, 0.4) is 0 Å². The summed E-state index contributed by atoms with van der Waals surface area (Å²) >= 11 is 0. The maximum absolute atomic E-state index is 3.53. The van der Waals surface area contributed by atoms with Gasteiger partial charge in [0.2, 0.25) is 0 Å². The first kappa shape index (κ1) is 14.1. The van der Waals surface area contributed by atoms with Gasteiger partial charge in [0.25, 0.3) is 8.56 Å². The van der Waals surface area contributed by atoms with E-state index in [1.807, 2.05) is 0 Å². The number of hydrogen-bond donors (Lipinski definition) is 2. The second-order valence-electron chi connectivity index (χ2n) is 3.65. The van der Waals surface area contributed by atoms with Gasteiger partial charge in [0, 0.05) is 0 Å². The zero-order chi connectivity index (χ0) is 11.0. The van der Waals surface area contributed by atoms with E-state index in [0.717, 1.165) is 6.54 Å². The zero-order valence-electron chi connectivity index (χ0n) is 10.5. The lowest BCUT2D eigenvalue weighted by Gasteiger charge is -2.39. The third-order valence-electron chi connectivity index (χ3n) is 3.04. The summed E-state index contributed by atoms with van der Waals surface area (Å²) in [7, 11) is 2.62. The Morgan fingerprint density at radius 2 is 1.64 bits per heavy atom. The molecule has 0 aromatic heterocycles.